The summed E-state index contributed by atoms with van der Waals surface area (Å²) in [5.74, 6) is 1.79. The quantitative estimate of drug-likeness (QED) is 0.848. The number of nitrogens with two attached hydrogens (primary N) is 1. The van der Waals surface area contributed by atoms with Gasteiger partial charge < -0.3 is 15.0 Å². The molecule has 5 heteroatoms. The van der Waals surface area contributed by atoms with Crippen LogP contribution in [-0.4, -0.2) is 22.9 Å². The first-order valence-corrected chi connectivity index (χ1v) is 6.35. The molecule has 17 heavy (non-hydrogen) atoms. The maximum Gasteiger partial charge on any atom is 0.243 e. The zero-order valence-electron chi connectivity index (χ0n) is 10.6. The van der Waals surface area contributed by atoms with Gasteiger partial charge in [0.2, 0.25) is 5.89 Å². The van der Waals surface area contributed by atoms with Crippen molar-refractivity contribution in [2.45, 2.75) is 51.7 Å². The van der Waals surface area contributed by atoms with Gasteiger partial charge in [-0.15, -0.1) is 0 Å². The van der Waals surface area contributed by atoms with Crippen molar-refractivity contribution in [1.82, 2.24) is 10.1 Å². The Hall–Kier alpha value is -0.940. The molecule has 0 aliphatic carbocycles. The van der Waals surface area contributed by atoms with Crippen LogP contribution in [0.15, 0.2) is 4.52 Å². The number of aromatic nitrogens is 2. The SMILES string of the molecule is CC(C)C[C@@H](N)c1nc(C[C@H]2CCCO2)no1. The second-order valence-corrected chi connectivity index (χ2v) is 5.12. The summed E-state index contributed by atoms with van der Waals surface area (Å²) in [6.45, 7) is 5.11. The Balaban J connectivity index is 1.90. The second-order valence-electron chi connectivity index (χ2n) is 5.12. The van der Waals surface area contributed by atoms with Crippen LogP contribution < -0.4 is 5.73 Å². The van der Waals surface area contributed by atoms with Crippen LogP contribution in [0.5, 0.6) is 0 Å². The van der Waals surface area contributed by atoms with Gasteiger partial charge in [-0.2, -0.15) is 4.98 Å². The van der Waals surface area contributed by atoms with Gasteiger partial charge in [0.25, 0.3) is 0 Å². The molecule has 0 unspecified atom stereocenters. The first-order valence-electron chi connectivity index (χ1n) is 6.35. The molecule has 1 aromatic rings. The number of ether oxygens (including phenoxy) is 1. The first kappa shape index (κ1) is 12.5. The molecule has 0 amide bonds. The van der Waals surface area contributed by atoms with Crippen molar-refractivity contribution < 1.29 is 9.26 Å². The van der Waals surface area contributed by atoms with Gasteiger partial charge in [0, 0.05) is 13.0 Å². The van der Waals surface area contributed by atoms with Crippen LogP contribution in [0.3, 0.4) is 0 Å². The summed E-state index contributed by atoms with van der Waals surface area (Å²) < 4.78 is 10.7. The highest BCUT2D eigenvalue weighted by atomic mass is 16.5. The molecule has 0 aromatic carbocycles. The molecule has 1 saturated heterocycles. The third kappa shape index (κ3) is 3.51. The van der Waals surface area contributed by atoms with Crippen LogP contribution in [0.1, 0.15) is 50.9 Å². The molecule has 2 atom stereocenters. The van der Waals surface area contributed by atoms with E-state index in [-0.39, 0.29) is 12.1 Å². The average Bonchev–Trinajstić information content (AvgIpc) is 2.88. The van der Waals surface area contributed by atoms with Crippen molar-refractivity contribution in [2.75, 3.05) is 6.61 Å². The Morgan fingerprint density at radius 2 is 2.29 bits per heavy atom. The highest BCUT2D eigenvalue weighted by molar-refractivity contribution is 4.94. The molecule has 1 fully saturated rings. The lowest BCUT2D eigenvalue weighted by Crippen LogP contribution is -2.14. The third-order valence-corrected chi connectivity index (χ3v) is 2.96. The molecule has 0 radical (unpaired) electrons. The monoisotopic (exact) mass is 239 g/mol. The van der Waals surface area contributed by atoms with Crippen molar-refractivity contribution in [2.24, 2.45) is 11.7 Å². The fraction of sp³-hybridized carbons (Fsp3) is 0.833. The molecule has 2 rings (SSSR count). The fourth-order valence-electron chi connectivity index (χ4n) is 2.12. The predicted octanol–water partition coefficient (Wildman–Crippen LogP) is 1.84. The van der Waals surface area contributed by atoms with E-state index < -0.39 is 0 Å². The lowest BCUT2D eigenvalue weighted by molar-refractivity contribution is 0.109. The summed E-state index contributed by atoms with van der Waals surface area (Å²) >= 11 is 0. The Kier molecular flexibility index (Phi) is 4.12. The van der Waals surface area contributed by atoms with E-state index in [9.17, 15) is 0 Å². The zero-order chi connectivity index (χ0) is 12.3. The summed E-state index contributed by atoms with van der Waals surface area (Å²) in [6.07, 6.45) is 4.06. The molecule has 1 aromatic heterocycles. The zero-order valence-corrected chi connectivity index (χ0v) is 10.6. The Morgan fingerprint density at radius 1 is 1.47 bits per heavy atom. The van der Waals surface area contributed by atoms with Crippen LogP contribution in [0.2, 0.25) is 0 Å². The number of rotatable bonds is 5. The third-order valence-electron chi connectivity index (χ3n) is 2.96. The van der Waals surface area contributed by atoms with E-state index in [0.29, 0.717) is 17.6 Å². The smallest absolute Gasteiger partial charge is 0.243 e. The van der Waals surface area contributed by atoms with E-state index in [0.717, 1.165) is 32.3 Å². The van der Waals surface area contributed by atoms with E-state index in [4.69, 9.17) is 15.0 Å². The summed E-state index contributed by atoms with van der Waals surface area (Å²) in [7, 11) is 0. The van der Waals surface area contributed by atoms with Gasteiger partial charge in [-0.25, -0.2) is 0 Å². The van der Waals surface area contributed by atoms with Crippen LogP contribution in [0, 0.1) is 5.92 Å². The molecule has 96 valence electrons. The molecule has 5 nitrogen and oxygen atoms in total. The van der Waals surface area contributed by atoms with Crippen LogP contribution in [-0.2, 0) is 11.2 Å². The maximum absolute atomic E-state index is 5.99. The van der Waals surface area contributed by atoms with Gasteiger partial charge in [0.05, 0.1) is 12.1 Å². The van der Waals surface area contributed by atoms with Crippen molar-refractivity contribution in [3.8, 4) is 0 Å². The molecular formula is C12H21N3O2. The predicted molar refractivity (Wildman–Crippen MR) is 63.4 cm³/mol. The van der Waals surface area contributed by atoms with Gasteiger partial charge in [0.15, 0.2) is 5.82 Å². The topological polar surface area (TPSA) is 74.2 Å². The van der Waals surface area contributed by atoms with Crippen molar-refractivity contribution >= 4 is 0 Å². The highest BCUT2D eigenvalue weighted by Gasteiger charge is 2.21. The molecule has 2 heterocycles. The first-order chi connectivity index (χ1) is 8.15. The minimum atomic E-state index is -0.152. The number of hydrogen-bond acceptors (Lipinski definition) is 5. The summed E-state index contributed by atoms with van der Waals surface area (Å²) in [6, 6.07) is -0.152. The van der Waals surface area contributed by atoms with E-state index in [1.54, 1.807) is 0 Å². The van der Waals surface area contributed by atoms with E-state index >= 15 is 0 Å². The fourth-order valence-corrected chi connectivity index (χ4v) is 2.12. The largest absolute Gasteiger partial charge is 0.378 e. The molecule has 0 bridgehead atoms. The van der Waals surface area contributed by atoms with Crippen molar-refractivity contribution in [3.05, 3.63) is 11.7 Å². The summed E-state index contributed by atoms with van der Waals surface area (Å²) in [4.78, 5) is 4.34. The molecule has 1 aliphatic heterocycles. The van der Waals surface area contributed by atoms with Gasteiger partial charge in [-0.3, -0.25) is 0 Å². The summed E-state index contributed by atoms with van der Waals surface area (Å²) in [5, 5.41) is 3.96. The molecule has 1 aliphatic rings. The van der Waals surface area contributed by atoms with Crippen molar-refractivity contribution in [3.63, 3.8) is 0 Å². The lowest BCUT2D eigenvalue weighted by Gasteiger charge is -2.08. The molecule has 0 saturated carbocycles. The minimum absolute atomic E-state index is 0.152. The van der Waals surface area contributed by atoms with Gasteiger partial charge in [0.1, 0.15) is 0 Å². The van der Waals surface area contributed by atoms with E-state index in [1.165, 1.54) is 0 Å². The van der Waals surface area contributed by atoms with Crippen molar-refractivity contribution in [1.29, 1.82) is 0 Å². The Labute approximate surface area is 102 Å². The van der Waals surface area contributed by atoms with Gasteiger partial charge in [-0.1, -0.05) is 19.0 Å². The van der Waals surface area contributed by atoms with E-state index in [2.05, 4.69) is 24.0 Å². The second kappa shape index (κ2) is 5.60. The van der Waals surface area contributed by atoms with E-state index in [1.807, 2.05) is 0 Å². The van der Waals surface area contributed by atoms with Crippen LogP contribution in [0.25, 0.3) is 0 Å². The van der Waals surface area contributed by atoms with Gasteiger partial charge in [-0.05, 0) is 25.2 Å². The highest BCUT2D eigenvalue weighted by Crippen LogP contribution is 2.19. The molecule has 2 N–H and O–H groups in total. The maximum atomic E-state index is 5.99. The number of nitrogens with zero attached hydrogens (tertiary/aromatic N) is 2. The summed E-state index contributed by atoms with van der Waals surface area (Å²) in [5.41, 5.74) is 5.99. The lowest BCUT2D eigenvalue weighted by atomic mass is 10.0. The van der Waals surface area contributed by atoms with Crippen LogP contribution >= 0.6 is 0 Å². The molecular weight excluding hydrogens is 218 g/mol. The molecule has 0 spiro atoms. The van der Waals surface area contributed by atoms with Gasteiger partial charge >= 0.3 is 0 Å². The minimum Gasteiger partial charge on any atom is -0.378 e. The number of hydrogen-bond donors (Lipinski definition) is 1. The van der Waals surface area contributed by atoms with Crippen LogP contribution in [0.4, 0.5) is 0 Å². The standard InChI is InChI=1S/C12H21N3O2/c1-8(2)6-10(13)12-14-11(15-17-12)7-9-4-3-5-16-9/h8-10H,3-7,13H2,1-2H3/t9-,10-/m1/s1. The Morgan fingerprint density at radius 3 is 2.94 bits per heavy atom. The normalized spacial score (nSPS) is 22.2. The average molecular weight is 239 g/mol. The Bertz CT molecular complexity index is 345.